The summed E-state index contributed by atoms with van der Waals surface area (Å²) in [7, 11) is 1.56. The Morgan fingerprint density at radius 1 is 1.06 bits per heavy atom. The van der Waals surface area contributed by atoms with Gasteiger partial charge in [0.1, 0.15) is 22.5 Å². The number of nitrogens with zero attached hydrogens (tertiary/aromatic N) is 3. The van der Waals surface area contributed by atoms with E-state index in [9.17, 15) is 4.79 Å². The van der Waals surface area contributed by atoms with Crippen LogP contribution in [0.2, 0.25) is 5.02 Å². The van der Waals surface area contributed by atoms with Gasteiger partial charge < -0.3 is 14.8 Å². The number of unbranched alkanes of at least 4 members (excludes halogenated alkanes) is 1. The van der Waals surface area contributed by atoms with Crippen molar-refractivity contribution in [3.8, 4) is 17.2 Å². The minimum atomic E-state index is -0.223. The molecular formula is C24H23ClN4O3. The number of ether oxygens (including phenoxy) is 2. The van der Waals surface area contributed by atoms with E-state index in [2.05, 4.69) is 22.4 Å². The first-order chi connectivity index (χ1) is 15.6. The molecule has 0 aliphatic rings. The van der Waals surface area contributed by atoms with Crippen LogP contribution in [0.4, 0.5) is 5.69 Å². The van der Waals surface area contributed by atoms with Gasteiger partial charge in [0.2, 0.25) is 0 Å². The molecule has 1 amide bonds. The molecule has 164 valence electrons. The van der Waals surface area contributed by atoms with E-state index in [0.717, 1.165) is 12.8 Å². The highest BCUT2D eigenvalue weighted by atomic mass is 35.5. The van der Waals surface area contributed by atoms with Crippen molar-refractivity contribution >= 4 is 34.2 Å². The van der Waals surface area contributed by atoms with Crippen LogP contribution >= 0.6 is 11.6 Å². The van der Waals surface area contributed by atoms with Crippen molar-refractivity contribution in [3.05, 3.63) is 71.2 Å². The summed E-state index contributed by atoms with van der Waals surface area (Å²) in [5.41, 5.74) is 3.19. The molecule has 0 aliphatic carbocycles. The van der Waals surface area contributed by atoms with Crippen LogP contribution in [0.3, 0.4) is 0 Å². The fourth-order valence-electron chi connectivity index (χ4n) is 3.15. The lowest BCUT2D eigenvalue weighted by Gasteiger charge is -2.08. The number of rotatable bonds is 8. The summed E-state index contributed by atoms with van der Waals surface area (Å²) in [5, 5.41) is 12.4. The van der Waals surface area contributed by atoms with Crippen molar-refractivity contribution in [2.45, 2.75) is 19.8 Å². The number of aromatic nitrogens is 3. The first-order valence-corrected chi connectivity index (χ1v) is 10.7. The van der Waals surface area contributed by atoms with Gasteiger partial charge in [-0.05, 0) is 61.0 Å². The predicted molar refractivity (Wildman–Crippen MR) is 125 cm³/mol. The second kappa shape index (κ2) is 9.70. The minimum Gasteiger partial charge on any atom is -0.495 e. The van der Waals surface area contributed by atoms with E-state index in [1.165, 1.54) is 4.80 Å². The molecule has 1 aromatic heterocycles. The fraction of sp³-hybridized carbons (Fsp3) is 0.208. The number of fused-ring (bicyclic) bond motifs is 1. The highest BCUT2D eigenvalue weighted by Gasteiger charge is 2.11. The smallest absolute Gasteiger partial charge is 0.255 e. The average molecular weight is 451 g/mol. The van der Waals surface area contributed by atoms with E-state index in [1.54, 1.807) is 43.5 Å². The van der Waals surface area contributed by atoms with Gasteiger partial charge in [0, 0.05) is 11.3 Å². The minimum absolute atomic E-state index is 0.223. The van der Waals surface area contributed by atoms with Gasteiger partial charge in [-0.3, -0.25) is 4.79 Å². The number of carbonyl (C=O) groups excluding carboxylic acids is 1. The second-order valence-corrected chi connectivity index (χ2v) is 7.60. The Bertz CT molecular complexity index is 1260. The summed E-state index contributed by atoms with van der Waals surface area (Å²) in [6.07, 6.45) is 2.03. The molecule has 0 bridgehead atoms. The molecule has 32 heavy (non-hydrogen) atoms. The number of benzene rings is 3. The summed E-state index contributed by atoms with van der Waals surface area (Å²) in [6, 6.07) is 17.9. The normalized spacial score (nSPS) is 10.8. The number of amides is 1. The van der Waals surface area contributed by atoms with Gasteiger partial charge in [-0.1, -0.05) is 31.0 Å². The first kappa shape index (κ1) is 21.6. The molecule has 0 atom stereocenters. The zero-order valence-corrected chi connectivity index (χ0v) is 18.6. The lowest BCUT2D eigenvalue weighted by molar-refractivity contribution is 0.102. The molecule has 0 spiro atoms. The SMILES string of the molecule is CCCCOc1cccc(C(=O)Nc2ccc3nn(-c4ccc(OC)c(Cl)c4)nc3c2)c1. The third kappa shape index (κ3) is 4.84. The van der Waals surface area contributed by atoms with Gasteiger partial charge >= 0.3 is 0 Å². The summed E-state index contributed by atoms with van der Waals surface area (Å²) >= 11 is 6.22. The zero-order valence-electron chi connectivity index (χ0n) is 17.8. The Kier molecular flexibility index (Phi) is 6.56. The standard InChI is InChI=1S/C24H23ClN4O3/c1-3-4-12-32-19-7-5-6-16(13-19)24(30)26-17-8-10-21-22(14-17)28-29(27-21)18-9-11-23(31-2)20(25)15-18/h5-11,13-15H,3-4,12H2,1-2H3,(H,26,30). The van der Waals surface area contributed by atoms with E-state index in [-0.39, 0.29) is 5.91 Å². The lowest BCUT2D eigenvalue weighted by atomic mass is 10.2. The van der Waals surface area contributed by atoms with Crippen LogP contribution in [0, 0.1) is 0 Å². The van der Waals surface area contributed by atoms with Gasteiger partial charge in [-0.15, -0.1) is 10.2 Å². The van der Waals surface area contributed by atoms with Crippen molar-refractivity contribution in [3.63, 3.8) is 0 Å². The maximum Gasteiger partial charge on any atom is 0.255 e. The predicted octanol–water partition coefficient (Wildman–Crippen LogP) is 5.51. The third-order valence-electron chi connectivity index (χ3n) is 4.87. The summed E-state index contributed by atoms with van der Waals surface area (Å²) in [5.74, 6) is 1.04. The number of halogens is 1. The Morgan fingerprint density at radius 2 is 1.91 bits per heavy atom. The van der Waals surface area contributed by atoms with Gasteiger partial charge in [0.25, 0.3) is 5.91 Å². The maximum absolute atomic E-state index is 12.7. The van der Waals surface area contributed by atoms with Crippen molar-refractivity contribution in [2.24, 2.45) is 0 Å². The van der Waals surface area contributed by atoms with E-state index in [4.69, 9.17) is 21.1 Å². The summed E-state index contributed by atoms with van der Waals surface area (Å²) < 4.78 is 10.9. The van der Waals surface area contributed by atoms with Crippen molar-refractivity contribution in [1.29, 1.82) is 0 Å². The zero-order chi connectivity index (χ0) is 22.5. The van der Waals surface area contributed by atoms with Crippen LogP contribution in [0.5, 0.6) is 11.5 Å². The van der Waals surface area contributed by atoms with Crippen LogP contribution in [0.15, 0.2) is 60.7 Å². The lowest BCUT2D eigenvalue weighted by Crippen LogP contribution is -2.12. The van der Waals surface area contributed by atoms with E-state index >= 15 is 0 Å². The average Bonchev–Trinajstić information content (AvgIpc) is 3.23. The number of hydrogen-bond acceptors (Lipinski definition) is 5. The molecule has 0 saturated carbocycles. The Hall–Kier alpha value is -3.58. The second-order valence-electron chi connectivity index (χ2n) is 7.20. The van der Waals surface area contributed by atoms with Crippen molar-refractivity contribution < 1.29 is 14.3 Å². The van der Waals surface area contributed by atoms with Crippen molar-refractivity contribution in [2.75, 3.05) is 19.0 Å². The van der Waals surface area contributed by atoms with Crippen molar-refractivity contribution in [1.82, 2.24) is 15.0 Å². The summed E-state index contributed by atoms with van der Waals surface area (Å²) in [6.45, 7) is 2.74. The molecule has 4 rings (SSSR count). The molecule has 1 heterocycles. The molecule has 0 radical (unpaired) electrons. The van der Waals surface area contributed by atoms with Crippen LogP contribution in [0.1, 0.15) is 30.1 Å². The highest BCUT2D eigenvalue weighted by Crippen LogP contribution is 2.27. The molecule has 0 unspecified atom stereocenters. The summed E-state index contributed by atoms with van der Waals surface area (Å²) in [4.78, 5) is 14.2. The Morgan fingerprint density at radius 3 is 2.69 bits per heavy atom. The fourth-order valence-corrected chi connectivity index (χ4v) is 3.40. The van der Waals surface area contributed by atoms with E-state index in [1.807, 2.05) is 24.3 Å². The number of methoxy groups -OCH3 is 1. The number of hydrogen-bond donors (Lipinski definition) is 1. The maximum atomic E-state index is 12.7. The Labute approximate surface area is 190 Å². The Balaban J connectivity index is 1.51. The molecular weight excluding hydrogens is 428 g/mol. The van der Waals surface area contributed by atoms with Crippen LogP contribution in [-0.4, -0.2) is 34.6 Å². The van der Waals surface area contributed by atoms with Gasteiger partial charge in [0.05, 0.1) is 24.4 Å². The van der Waals surface area contributed by atoms with Gasteiger partial charge in [-0.2, -0.15) is 4.80 Å². The molecule has 1 N–H and O–H groups in total. The molecule has 0 saturated heterocycles. The molecule has 0 fully saturated rings. The molecule has 7 nitrogen and oxygen atoms in total. The van der Waals surface area contributed by atoms with Crippen LogP contribution in [0.25, 0.3) is 16.7 Å². The van der Waals surface area contributed by atoms with E-state index < -0.39 is 0 Å². The number of anilines is 1. The first-order valence-electron chi connectivity index (χ1n) is 10.3. The topological polar surface area (TPSA) is 78.3 Å². The highest BCUT2D eigenvalue weighted by molar-refractivity contribution is 6.32. The van der Waals surface area contributed by atoms with Crippen LogP contribution < -0.4 is 14.8 Å². The molecule has 0 aliphatic heterocycles. The largest absolute Gasteiger partial charge is 0.495 e. The molecule has 3 aromatic carbocycles. The van der Waals surface area contributed by atoms with Crippen LogP contribution in [-0.2, 0) is 0 Å². The third-order valence-corrected chi connectivity index (χ3v) is 5.16. The monoisotopic (exact) mass is 450 g/mol. The number of nitrogens with one attached hydrogen (secondary N) is 1. The molecule has 8 heteroatoms. The van der Waals surface area contributed by atoms with Gasteiger partial charge in [-0.25, -0.2) is 0 Å². The number of carbonyl (C=O) groups is 1. The van der Waals surface area contributed by atoms with Gasteiger partial charge in [0.15, 0.2) is 0 Å². The van der Waals surface area contributed by atoms with E-state index in [0.29, 0.717) is 51.1 Å². The quantitative estimate of drug-likeness (QED) is 0.358. The molecule has 4 aromatic rings.